The molecule has 2 aromatic heterocycles. The largest absolute Gasteiger partial charge is 0.440 e. The number of aromatic nitrogens is 2. The van der Waals surface area contributed by atoms with Gasteiger partial charge >= 0.3 is 0 Å². The van der Waals surface area contributed by atoms with Crippen LogP contribution in [0.5, 0.6) is 0 Å². The number of nitrogens with zero attached hydrogens (tertiary/aromatic N) is 2. The molecule has 0 spiro atoms. The van der Waals surface area contributed by atoms with E-state index < -0.39 is 0 Å². The topological polar surface area (TPSA) is 29.9 Å². The highest BCUT2D eigenvalue weighted by Gasteiger charge is 2.24. The molecule has 0 bridgehead atoms. The molecule has 0 unspecified atom stereocenters. The van der Waals surface area contributed by atoms with E-state index in [0.29, 0.717) is 17.1 Å². The molecule has 0 aliphatic carbocycles. The lowest BCUT2D eigenvalue weighted by Crippen LogP contribution is -2.31. The summed E-state index contributed by atoms with van der Waals surface area (Å²) in [5.74, 6) is 0.110. The predicted octanol–water partition coefficient (Wildman–Crippen LogP) is 2.97. The second kappa shape index (κ2) is 4.65. The zero-order chi connectivity index (χ0) is 13.2. The van der Waals surface area contributed by atoms with Gasteiger partial charge in [0, 0.05) is 6.07 Å². The highest BCUT2D eigenvalue weighted by Crippen LogP contribution is 2.30. The number of halogens is 1. The summed E-state index contributed by atoms with van der Waals surface area (Å²) in [5, 5.41) is 0. The van der Waals surface area contributed by atoms with Crippen molar-refractivity contribution in [3.8, 4) is 22.7 Å². The summed E-state index contributed by atoms with van der Waals surface area (Å²) in [6.45, 7) is 0. The summed E-state index contributed by atoms with van der Waals surface area (Å²) in [6, 6.07) is 10.8. The number of hydrogen-bond acceptors (Lipinski definition) is 2. The van der Waals surface area contributed by atoms with E-state index in [0.717, 1.165) is 5.56 Å². The number of hydrogen-bond donors (Lipinski definition) is 0. The Balaban J connectivity index is 2.32. The SMILES string of the molecule is C[n+]1ccc(F)c(-c2ccccc2)c1-c1ncco1. The van der Waals surface area contributed by atoms with E-state index in [1.165, 1.54) is 12.3 Å². The summed E-state index contributed by atoms with van der Waals surface area (Å²) in [4.78, 5) is 4.12. The van der Waals surface area contributed by atoms with Crippen molar-refractivity contribution in [2.75, 3.05) is 0 Å². The normalized spacial score (nSPS) is 10.6. The molecule has 0 fully saturated rings. The van der Waals surface area contributed by atoms with Gasteiger partial charge in [0.25, 0.3) is 11.6 Å². The monoisotopic (exact) mass is 255 g/mol. The lowest BCUT2D eigenvalue weighted by molar-refractivity contribution is -0.660. The van der Waals surface area contributed by atoms with Gasteiger partial charge in [0.15, 0.2) is 6.20 Å². The molecule has 1 aromatic carbocycles. The maximum absolute atomic E-state index is 14.2. The average Bonchev–Trinajstić information content (AvgIpc) is 2.96. The van der Waals surface area contributed by atoms with Gasteiger partial charge in [-0.15, -0.1) is 0 Å². The Morgan fingerprint density at radius 3 is 2.63 bits per heavy atom. The number of aryl methyl sites for hydroxylation is 1. The molecule has 0 radical (unpaired) electrons. The summed E-state index contributed by atoms with van der Waals surface area (Å²) in [5.41, 5.74) is 1.91. The minimum Gasteiger partial charge on any atom is -0.440 e. The van der Waals surface area contributed by atoms with Gasteiger partial charge in [-0.1, -0.05) is 30.3 Å². The standard InChI is InChI=1S/C15H12FN2O/c1-18-9-7-12(16)13(11-5-3-2-4-6-11)14(18)15-17-8-10-19-15/h2-10H,1H3/q+1. The van der Waals surface area contributed by atoms with Gasteiger partial charge in [-0.2, -0.15) is 4.57 Å². The van der Waals surface area contributed by atoms with Crippen LogP contribution in [0.3, 0.4) is 0 Å². The molecule has 0 atom stereocenters. The molecule has 3 aromatic rings. The van der Waals surface area contributed by atoms with Crippen molar-refractivity contribution in [1.29, 1.82) is 0 Å². The smallest absolute Gasteiger partial charge is 0.293 e. The van der Waals surface area contributed by atoms with E-state index in [2.05, 4.69) is 4.98 Å². The lowest BCUT2D eigenvalue weighted by atomic mass is 10.0. The van der Waals surface area contributed by atoms with E-state index in [1.54, 1.807) is 17.0 Å². The van der Waals surface area contributed by atoms with Crippen LogP contribution in [0.15, 0.2) is 59.5 Å². The van der Waals surface area contributed by atoms with Crippen molar-refractivity contribution in [3.05, 3.63) is 60.9 Å². The first-order chi connectivity index (χ1) is 9.27. The Hall–Kier alpha value is -2.49. The number of benzene rings is 1. The second-order valence-electron chi connectivity index (χ2n) is 4.20. The van der Waals surface area contributed by atoms with E-state index in [9.17, 15) is 4.39 Å². The summed E-state index contributed by atoms with van der Waals surface area (Å²) in [7, 11) is 1.84. The third-order valence-electron chi connectivity index (χ3n) is 2.97. The minimum atomic E-state index is -0.294. The third-order valence-corrected chi connectivity index (χ3v) is 2.97. The van der Waals surface area contributed by atoms with Crippen LogP contribution in [0.2, 0.25) is 0 Å². The van der Waals surface area contributed by atoms with Crippen molar-refractivity contribution in [3.63, 3.8) is 0 Å². The van der Waals surface area contributed by atoms with Crippen LogP contribution in [-0.4, -0.2) is 4.98 Å². The van der Waals surface area contributed by atoms with E-state index in [4.69, 9.17) is 4.42 Å². The van der Waals surface area contributed by atoms with E-state index in [1.807, 2.05) is 37.4 Å². The molecule has 3 nitrogen and oxygen atoms in total. The first kappa shape index (κ1) is 11.6. The fraction of sp³-hybridized carbons (Fsp3) is 0.0667. The van der Waals surface area contributed by atoms with Crippen LogP contribution in [0.25, 0.3) is 22.7 Å². The Labute approximate surface area is 110 Å². The quantitative estimate of drug-likeness (QED) is 0.659. The molecular weight excluding hydrogens is 243 g/mol. The Bertz CT molecular complexity index is 694. The predicted molar refractivity (Wildman–Crippen MR) is 68.5 cm³/mol. The lowest BCUT2D eigenvalue weighted by Gasteiger charge is -2.06. The molecule has 0 saturated carbocycles. The summed E-state index contributed by atoms with van der Waals surface area (Å²) in [6.07, 6.45) is 4.69. The molecule has 0 saturated heterocycles. The minimum absolute atomic E-state index is 0.294. The number of pyridine rings is 1. The third kappa shape index (κ3) is 2.01. The van der Waals surface area contributed by atoms with Crippen LogP contribution >= 0.6 is 0 Å². The molecule has 4 heteroatoms. The van der Waals surface area contributed by atoms with Gasteiger partial charge in [0.05, 0.1) is 11.8 Å². The number of rotatable bonds is 2. The molecule has 0 amide bonds. The fourth-order valence-electron chi connectivity index (χ4n) is 2.10. The van der Waals surface area contributed by atoms with Crippen LogP contribution in [0, 0.1) is 5.82 Å². The van der Waals surface area contributed by atoms with Gasteiger partial charge in [0.1, 0.15) is 19.1 Å². The molecular formula is C15H12FN2O+. The molecule has 0 aliphatic heterocycles. The van der Waals surface area contributed by atoms with Crippen molar-refractivity contribution >= 4 is 0 Å². The second-order valence-corrected chi connectivity index (χ2v) is 4.20. The van der Waals surface area contributed by atoms with Crippen LogP contribution in [-0.2, 0) is 7.05 Å². The van der Waals surface area contributed by atoms with E-state index >= 15 is 0 Å². The maximum atomic E-state index is 14.2. The number of oxazole rings is 1. The van der Waals surface area contributed by atoms with Gasteiger partial charge < -0.3 is 4.42 Å². The van der Waals surface area contributed by atoms with Crippen LogP contribution in [0.4, 0.5) is 4.39 Å². The zero-order valence-corrected chi connectivity index (χ0v) is 10.4. The molecule has 3 rings (SSSR count). The Kier molecular flexibility index (Phi) is 2.83. The summed E-state index contributed by atoms with van der Waals surface area (Å²) < 4.78 is 21.3. The highest BCUT2D eigenvalue weighted by atomic mass is 19.1. The molecule has 0 aliphatic rings. The van der Waals surface area contributed by atoms with Crippen LogP contribution < -0.4 is 4.57 Å². The Morgan fingerprint density at radius 2 is 1.95 bits per heavy atom. The van der Waals surface area contributed by atoms with Gasteiger partial charge in [-0.05, 0) is 5.56 Å². The van der Waals surface area contributed by atoms with E-state index in [-0.39, 0.29) is 5.82 Å². The first-order valence-electron chi connectivity index (χ1n) is 5.91. The molecule has 0 N–H and O–H groups in total. The molecule has 19 heavy (non-hydrogen) atoms. The molecule has 94 valence electrons. The summed E-state index contributed by atoms with van der Waals surface area (Å²) >= 11 is 0. The molecule has 2 heterocycles. The first-order valence-corrected chi connectivity index (χ1v) is 5.91. The van der Waals surface area contributed by atoms with Gasteiger partial charge in [0.2, 0.25) is 0 Å². The van der Waals surface area contributed by atoms with Crippen molar-refractivity contribution in [2.45, 2.75) is 0 Å². The van der Waals surface area contributed by atoms with Crippen molar-refractivity contribution in [1.82, 2.24) is 4.98 Å². The maximum Gasteiger partial charge on any atom is 0.293 e. The Morgan fingerprint density at radius 1 is 1.16 bits per heavy atom. The zero-order valence-electron chi connectivity index (χ0n) is 10.4. The van der Waals surface area contributed by atoms with Crippen molar-refractivity contribution < 1.29 is 13.4 Å². The van der Waals surface area contributed by atoms with Gasteiger partial charge in [-0.3, -0.25) is 0 Å². The highest BCUT2D eigenvalue weighted by molar-refractivity contribution is 5.75. The van der Waals surface area contributed by atoms with Gasteiger partial charge in [-0.25, -0.2) is 9.37 Å². The van der Waals surface area contributed by atoms with Crippen LogP contribution in [0.1, 0.15) is 0 Å². The fourth-order valence-corrected chi connectivity index (χ4v) is 2.10. The average molecular weight is 255 g/mol. The van der Waals surface area contributed by atoms with Crippen molar-refractivity contribution in [2.24, 2.45) is 7.05 Å².